The van der Waals surface area contributed by atoms with Crippen molar-refractivity contribution in [3.63, 3.8) is 0 Å². The third-order valence-electron chi connectivity index (χ3n) is 7.87. The van der Waals surface area contributed by atoms with Gasteiger partial charge in [-0.05, 0) is 74.2 Å². The van der Waals surface area contributed by atoms with Crippen molar-refractivity contribution in [2.45, 2.75) is 91.3 Å². The van der Waals surface area contributed by atoms with E-state index >= 15 is 0 Å². The summed E-state index contributed by atoms with van der Waals surface area (Å²) in [6.07, 6.45) is 7.05. The number of allylic oxidation sites excluding steroid dienone is 1. The molecule has 0 saturated heterocycles. The van der Waals surface area contributed by atoms with E-state index in [1.807, 2.05) is 19.9 Å². The first kappa shape index (κ1) is 23.3. The average Bonchev–Trinajstić information content (AvgIpc) is 2.98. The Morgan fingerprint density at radius 2 is 2.04 bits per heavy atom. The molecule has 0 amide bonds. The lowest BCUT2D eigenvalue weighted by Gasteiger charge is -2.33. The Kier molecular flexibility index (Phi) is 7.37. The van der Waals surface area contributed by atoms with Gasteiger partial charge in [-0.1, -0.05) is 46.3 Å². The summed E-state index contributed by atoms with van der Waals surface area (Å²) in [5.41, 5.74) is 0.0591. The molecule has 0 aromatic heterocycles. The second-order valence-electron chi connectivity index (χ2n) is 10.3. The number of carbonyl (C=O) groups excluding carboxylic acids is 1. The van der Waals surface area contributed by atoms with E-state index in [1.165, 1.54) is 0 Å². The van der Waals surface area contributed by atoms with Crippen molar-refractivity contribution >= 4 is 5.78 Å². The maximum atomic E-state index is 13.4. The maximum absolute atomic E-state index is 13.4. The van der Waals surface area contributed by atoms with Gasteiger partial charge in [-0.2, -0.15) is 0 Å². The van der Waals surface area contributed by atoms with E-state index in [0.29, 0.717) is 24.7 Å². The number of aliphatic hydroxyl groups is 2. The molecule has 28 heavy (non-hydrogen) atoms. The number of ketones is 1. The zero-order valence-electron chi connectivity index (χ0n) is 18.7. The Morgan fingerprint density at radius 3 is 2.57 bits per heavy atom. The number of fused-ring (bicyclic) bond motifs is 1. The van der Waals surface area contributed by atoms with Crippen LogP contribution in [0.3, 0.4) is 0 Å². The molecule has 3 heteroatoms. The molecule has 0 radical (unpaired) electrons. The van der Waals surface area contributed by atoms with E-state index in [1.54, 1.807) is 0 Å². The van der Waals surface area contributed by atoms with Crippen LogP contribution < -0.4 is 0 Å². The molecule has 0 aromatic rings. The minimum Gasteiger partial charge on any atom is -0.393 e. The molecule has 0 bridgehead atoms. The third kappa shape index (κ3) is 4.62. The fraction of sp³-hybridized carbons (Fsp3) is 0.800. The van der Waals surface area contributed by atoms with Crippen molar-refractivity contribution in [2.24, 2.45) is 35.0 Å². The molecule has 160 valence electrons. The summed E-state index contributed by atoms with van der Waals surface area (Å²) in [6.45, 7) is 18.3. The van der Waals surface area contributed by atoms with E-state index in [9.17, 15) is 15.0 Å². The summed E-state index contributed by atoms with van der Waals surface area (Å²) in [6, 6.07) is 0. The predicted molar refractivity (Wildman–Crippen MR) is 116 cm³/mol. The third-order valence-corrected chi connectivity index (χ3v) is 7.87. The number of aliphatic hydroxyl groups excluding tert-OH is 1. The zero-order chi connectivity index (χ0) is 21.3. The number of hydrogen-bond donors (Lipinski definition) is 2. The molecule has 2 aliphatic carbocycles. The summed E-state index contributed by atoms with van der Waals surface area (Å²) < 4.78 is 0. The smallest absolute Gasteiger partial charge is 0.137 e. The van der Waals surface area contributed by atoms with E-state index in [-0.39, 0.29) is 29.0 Å². The molecule has 7 unspecified atom stereocenters. The van der Waals surface area contributed by atoms with Crippen LogP contribution in [0.1, 0.15) is 79.6 Å². The zero-order valence-corrected chi connectivity index (χ0v) is 18.7. The topological polar surface area (TPSA) is 57.5 Å². The van der Waals surface area contributed by atoms with Crippen LogP contribution in [-0.4, -0.2) is 27.7 Å². The maximum Gasteiger partial charge on any atom is 0.137 e. The lowest BCUT2D eigenvalue weighted by molar-refractivity contribution is -0.127. The molecule has 2 saturated carbocycles. The minimum atomic E-state index is -0.942. The highest BCUT2D eigenvalue weighted by Gasteiger charge is 2.68. The van der Waals surface area contributed by atoms with Crippen LogP contribution in [0.15, 0.2) is 24.8 Å². The molecule has 0 aliphatic heterocycles. The predicted octanol–water partition coefficient (Wildman–Crippen LogP) is 5.31. The Hall–Kier alpha value is -0.930. The quantitative estimate of drug-likeness (QED) is 0.444. The van der Waals surface area contributed by atoms with Crippen LogP contribution in [-0.2, 0) is 4.79 Å². The number of Topliss-reactive ketones (excluding diaryl/α,β-unsaturated/α-hetero) is 1. The second kappa shape index (κ2) is 8.83. The molecular formula is C25H42O3. The first-order chi connectivity index (χ1) is 13.0. The summed E-state index contributed by atoms with van der Waals surface area (Å²) in [5.74, 6) is 1.19. The van der Waals surface area contributed by atoms with E-state index in [0.717, 1.165) is 37.7 Å². The molecule has 3 nitrogen and oxygen atoms in total. The van der Waals surface area contributed by atoms with E-state index in [4.69, 9.17) is 0 Å². The van der Waals surface area contributed by atoms with Gasteiger partial charge in [0.15, 0.2) is 0 Å². The van der Waals surface area contributed by atoms with Gasteiger partial charge in [0.1, 0.15) is 5.78 Å². The van der Waals surface area contributed by atoms with Gasteiger partial charge in [-0.3, -0.25) is 4.79 Å². The highest BCUT2D eigenvalue weighted by molar-refractivity contribution is 5.83. The Morgan fingerprint density at radius 1 is 1.39 bits per heavy atom. The van der Waals surface area contributed by atoms with Gasteiger partial charge in [0.05, 0.1) is 11.7 Å². The molecule has 7 atom stereocenters. The Balaban J connectivity index is 2.15. The fourth-order valence-corrected chi connectivity index (χ4v) is 5.81. The molecule has 2 rings (SSSR count). The SMILES string of the molecule is C=CCCC(CC(=O)C1C(C(C)O)CC2C1C2(C)C)C(=C)C(C)(O)CCCC. The minimum absolute atomic E-state index is 0.0343. The first-order valence-corrected chi connectivity index (χ1v) is 11.2. The second-order valence-corrected chi connectivity index (χ2v) is 10.3. The summed E-state index contributed by atoms with van der Waals surface area (Å²) >= 11 is 0. The largest absolute Gasteiger partial charge is 0.393 e. The normalized spacial score (nSPS) is 32.1. The summed E-state index contributed by atoms with van der Waals surface area (Å²) in [5, 5.41) is 21.2. The number of carbonyl (C=O) groups is 1. The van der Waals surface area contributed by atoms with E-state index in [2.05, 4.69) is 33.9 Å². The van der Waals surface area contributed by atoms with Crippen LogP contribution in [0.5, 0.6) is 0 Å². The van der Waals surface area contributed by atoms with Crippen molar-refractivity contribution in [2.75, 3.05) is 0 Å². The van der Waals surface area contributed by atoms with Gasteiger partial charge < -0.3 is 10.2 Å². The summed E-state index contributed by atoms with van der Waals surface area (Å²) in [7, 11) is 0. The van der Waals surface area contributed by atoms with Crippen LogP contribution in [0.4, 0.5) is 0 Å². The highest BCUT2D eigenvalue weighted by Crippen LogP contribution is 2.71. The molecule has 0 spiro atoms. The Labute approximate surface area is 172 Å². The molecular weight excluding hydrogens is 348 g/mol. The molecule has 0 heterocycles. The molecule has 2 fully saturated rings. The Bertz CT molecular complexity index is 585. The van der Waals surface area contributed by atoms with Gasteiger partial charge in [0.2, 0.25) is 0 Å². The van der Waals surface area contributed by atoms with Gasteiger partial charge in [-0.15, -0.1) is 6.58 Å². The van der Waals surface area contributed by atoms with Crippen molar-refractivity contribution in [3.05, 3.63) is 24.8 Å². The van der Waals surface area contributed by atoms with Gasteiger partial charge in [0.25, 0.3) is 0 Å². The van der Waals surface area contributed by atoms with Gasteiger partial charge >= 0.3 is 0 Å². The fourth-order valence-electron chi connectivity index (χ4n) is 5.81. The summed E-state index contributed by atoms with van der Waals surface area (Å²) in [4.78, 5) is 13.4. The highest BCUT2D eigenvalue weighted by atomic mass is 16.3. The van der Waals surface area contributed by atoms with Crippen molar-refractivity contribution in [3.8, 4) is 0 Å². The number of rotatable bonds is 12. The van der Waals surface area contributed by atoms with Crippen LogP contribution in [0.2, 0.25) is 0 Å². The molecule has 2 N–H and O–H groups in total. The van der Waals surface area contributed by atoms with Crippen LogP contribution in [0, 0.1) is 35.0 Å². The van der Waals surface area contributed by atoms with Gasteiger partial charge in [-0.25, -0.2) is 0 Å². The lowest BCUT2D eigenvalue weighted by atomic mass is 9.74. The monoisotopic (exact) mass is 390 g/mol. The van der Waals surface area contributed by atoms with Crippen molar-refractivity contribution in [1.29, 1.82) is 0 Å². The van der Waals surface area contributed by atoms with E-state index < -0.39 is 11.7 Å². The lowest BCUT2D eigenvalue weighted by Crippen LogP contribution is -2.35. The molecule has 0 aromatic carbocycles. The van der Waals surface area contributed by atoms with Crippen molar-refractivity contribution < 1.29 is 15.0 Å². The standard InChI is InChI=1S/C25H42O3/c1-8-10-12-18(16(3)25(7,28)13-11-9-2)14-21(27)22-19(17(4)26)15-20-23(22)24(20,5)6/h8,17-20,22-23,26,28H,1,3,9-15H2,2,4-7H3. The average molecular weight is 391 g/mol. The number of unbranched alkanes of at least 4 members (excludes halogenated alkanes) is 1. The van der Waals surface area contributed by atoms with Gasteiger partial charge in [0, 0.05) is 12.3 Å². The first-order valence-electron chi connectivity index (χ1n) is 11.2. The molecule has 2 aliphatic rings. The van der Waals surface area contributed by atoms with Crippen LogP contribution in [0.25, 0.3) is 0 Å². The van der Waals surface area contributed by atoms with Crippen LogP contribution >= 0.6 is 0 Å². The number of hydrogen-bond acceptors (Lipinski definition) is 3. The van der Waals surface area contributed by atoms with Crippen molar-refractivity contribution in [1.82, 2.24) is 0 Å².